The SMILES string of the molecule is CC1CN(C)CCCN1c1ccc(C#N)cc1Br. The third kappa shape index (κ3) is 2.85. The molecular formula is C14H18BrN3. The van der Waals surface area contributed by atoms with Gasteiger partial charge in [0.15, 0.2) is 0 Å². The Balaban J connectivity index is 2.27. The van der Waals surface area contributed by atoms with Crippen molar-refractivity contribution in [3.05, 3.63) is 28.2 Å². The molecule has 0 aromatic heterocycles. The average molecular weight is 308 g/mol. The van der Waals surface area contributed by atoms with Crippen LogP contribution in [0, 0.1) is 11.3 Å². The maximum Gasteiger partial charge on any atom is 0.0992 e. The number of rotatable bonds is 1. The van der Waals surface area contributed by atoms with E-state index in [1.807, 2.05) is 18.2 Å². The Kier molecular flexibility index (Phi) is 4.26. The fourth-order valence-electron chi connectivity index (χ4n) is 2.54. The number of nitriles is 1. The molecule has 1 heterocycles. The second-order valence-electron chi connectivity index (χ2n) is 4.94. The van der Waals surface area contributed by atoms with E-state index in [2.05, 4.69) is 45.8 Å². The van der Waals surface area contributed by atoms with Gasteiger partial charge in [-0.1, -0.05) is 0 Å². The summed E-state index contributed by atoms with van der Waals surface area (Å²) in [4.78, 5) is 4.80. The maximum atomic E-state index is 8.90. The molecule has 0 radical (unpaired) electrons. The van der Waals surface area contributed by atoms with Crippen molar-refractivity contribution >= 4 is 21.6 Å². The highest BCUT2D eigenvalue weighted by molar-refractivity contribution is 9.10. The molecule has 96 valence electrons. The number of likely N-dealkylation sites (N-methyl/N-ethyl adjacent to an activating group) is 1. The highest BCUT2D eigenvalue weighted by Gasteiger charge is 2.21. The van der Waals surface area contributed by atoms with Gasteiger partial charge in [-0.3, -0.25) is 0 Å². The lowest BCUT2D eigenvalue weighted by molar-refractivity contribution is 0.337. The van der Waals surface area contributed by atoms with Crippen LogP contribution in [0.4, 0.5) is 5.69 Å². The topological polar surface area (TPSA) is 30.3 Å². The van der Waals surface area contributed by atoms with Crippen molar-refractivity contribution in [2.75, 3.05) is 31.6 Å². The van der Waals surface area contributed by atoms with Gasteiger partial charge in [0.1, 0.15) is 0 Å². The summed E-state index contributed by atoms with van der Waals surface area (Å²) >= 11 is 3.59. The number of benzene rings is 1. The molecule has 1 fully saturated rings. The van der Waals surface area contributed by atoms with Crippen molar-refractivity contribution in [3.63, 3.8) is 0 Å². The lowest BCUT2D eigenvalue weighted by Gasteiger charge is -2.31. The minimum atomic E-state index is 0.488. The van der Waals surface area contributed by atoms with Crippen LogP contribution in [0.15, 0.2) is 22.7 Å². The summed E-state index contributed by atoms with van der Waals surface area (Å²) in [6.07, 6.45) is 1.17. The average Bonchev–Trinajstić information content (AvgIpc) is 2.50. The van der Waals surface area contributed by atoms with E-state index in [0.717, 1.165) is 24.1 Å². The molecule has 1 unspecified atom stereocenters. The summed E-state index contributed by atoms with van der Waals surface area (Å²) < 4.78 is 1.01. The predicted molar refractivity (Wildman–Crippen MR) is 77.8 cm³/mol. The summed E-state index contributed by atoms with van der Waals surface area (Å²) in [6, 6.07) is 8.50. The molecule has 0 aliphatic carbocycles. The molecule has 0 N–H and O–H groups in total. The van der Waals surface area contributed by atoms with Crippen molar-refractivity contribution in [2.45, 2.75) is 19.4 Å². The Hall–Kier alpha value is -1.05. The number of halogens is 1. The van der Waals surface area contributed by atoms with Gasteiger partial charge in [0, 0.05) is 23.6 Å². The largest absolute Gasteiger partial charge is 0.367 e. The Morgan fingerprint density at radius 1 is 1.39 bits per heavy atom. The number of nitrogens with zero attached hydrogens (tertiary/aromatic N) is 3. The minimum Gasteiger partial charge on any atom is -0.367 e. The summed E-state index contributed by atoms with van der Waals surface area (Å²) in [5.41, 5.74) is 1.89. The molecule has 0 saturated carbocycles. The quantitative estimate of drug-likeness (QED) is 0.799. The van der Waals surface area contributed by atoms with Crippen molar-refractivity contribution in [1.82, 2.24) is 4.90 Å². The van der Waals surface area contributed by atoms with E-state index in [-0.39, 0.29) is 0 Å². The highest BCUT2D eigenvalue weighted by atomic mass is 79.9. The molecular weight excluding hydrogens is 290 g/mol. The van der Waals surface area contributed by atoms with E-state index >= 15 is 0 Å². The van der Waals surface area contributed by atoms with Crippen LogP contribution in [0.5, 0.6) is 0 Å². The van der Waals surface area contributed by atoms with Gasteiger partial charge in [0.25, 0.3) is 0 Å². The summed E-state index contributed by atoms with van der Waals surface area (Å²) in [7, 11) is 2.17. The van der Waals surface area contributed by atoms with Crippen LogP contribution in [0.25, 0.3) is 0 Å². The first-order valence-electron chi connectivity index (χ1n) is 6.26. The van der Waals surface area contributed by atoms with Crippen molar-refractivity contribution in [2.24, 2.45) is 0 Å². The molecule has 18 heavy (non-hydrogen) atoms. The highest BCUT2D eigenvalue weighted by Crippen LogP contribution is 2.29. The van der Waals surface area contributed by atoms with E-state index in [1.165, 1.54) is 12.1 Å². The Bertz CT molecular complexity index is 467. The third-order valence-electron chi connectivity index (χ3n) is 3.43. The van der Waals surface area contributed by atoms with Gasteiger partial charge in [0.2, 0.25) is 0 Å². The zero-order chi connectivity index (χ0) is 13.1. The Morgan fingerprint density at radius 2 is 2.17 bits per heavy atom. The second kappa shape index (κ2) is 5.73. The molecule has 1 aromatic carbocycles. The molecule has 1 atom stereocenters. The van der Waals surface area contributed by atoms with Gasteiger partial charge in [-0.15, -0.1) is 0 Å². The lowest BCUT2D eigenvalue weighted by atomic mass is 10.1. The fourth-order valence-corrected chi connectivity index (χ4v) is 3.15. The van der Waals surface area contributed by atoms with Gasteiger partial charge in [-0.05, 0) is 61.1 Å². The zero-order valence-electron chi connectivity index (χ0n) is 10.9. The molecule has 2 rings (SSSR count). The molecule has 0 amide bonds. The van der Waals surface area contributed by atoms with Crippen LogP contribution in [-0.4, -0.2) is 37.6 Å². The molecule has 1 aliphatic rings. The van der Waals surface area contributed by atoms with Crippen LogP contribution in [-0.2, 0) is 0 Å². The molecule has 4 heteroatoms. The maximum absolute atomic E-state index is 8.90. The minimum absolute atomic E-state index is 0.488. The van der Waals surface area contributed by atoms with E-state index in [0.29, 0.717) is 11.6 Å². The Labute approximate surface area is 117 Å². The molecule has 0 bridgehead atoms. The van der Waals surface area contributed by atoms with Gasteiger partial charge < -0.3 is 9.80 Å². The fraction of sp³-hybridized carbons (Fsp3) is 0.500. The monoisotopic (exact) mass is 307 g/mol. The second-order valence-corrected chi connectivity index (χ2v) is 5.79. The third-order valence-corrected chi connectivity index (χ3v) is 4.07. The van der Waals surface area contributed by atoms with Crippen LogP contribution in [0.1, 0.15) is 18.9 Å². The summed E-state index contributed by atoms with van der Waals surface area (Å²) in [5.74, 6) is 0. The standard InChI is InChI=1S/C14H18BrN3/c1-11-10-17(2)6-3-7-18(11)14-5-4-12(9-16)8-13(14)15/h4-5,8,11H,3,6-7,10H2,1-2H3. The molecule has 3 nitrogen and oxygen atoms in total. The van der Waals surface area contributed by atoms with Gasteiger partial charge in [-0.2, -0.15) is 5.26 Å². The molecule has 0 spiro atoms. The predicted octanol–water partition coefficient (Wildman–Crippen LogP) is 2.85. The van der Waals surface area contributed by atoms with Crippen molar-refractivity contribution in [1.29, 1.82) is 5.26 Å². The first kappa shape index (κ1) is 13.4. The number of hydrogen-bond acceptors (Lipinski definition) is 3. The summed E-state index contributed by atoms with van der Waals surface area (Å²) in [5, 5.41) is 8.90. The smallest absolute Gasteiger partial charge is 0.0992 e. The first-order chi connectivity index (χ1) is 8.61. The van der Waals surface area contributed by atoms with Gasteiger partial charge >= 0.3 is 0 Å². The van der Waals surface area contributed by atoms with E-state index in [1.54, 1.807) is 0 Å². The number of hydrogen-bond donors (Lipinski definition) is 0. The normalized spacial score (nSPS) is 21.4. The van der Waals surface area contributed by atoms with E-state index in [9.17, 15) is 0 Å². The van der Waals surface area contributed by atoms with E-state index in [4.69, 9.17) is 5.26 Å². The summed E-state index contributed by atoms with van der Waals surface area (Å²) in [6.45, 7) is 5.55. The Morgan fingerprint density at radius 3 is 2.83 bits per heavy atom. The zero-order valence-corrected chi connectivity index (χ0v) is 12.4. The molecule has 1 aliphatic heterocycles. The van der Waals surface area contributed by atoms with E-state index < -0.39 is 0 Å². The van der Waals surface area contributed by atoms with Crippen LogP contribution in [0.3, 0.4) is 0 Å². The van der Waals surface area contributed by atoms with Crippen molar-refractivity contribution < 1.29 is 0 Å². The van der Waals surface area contributed by atoms with Gasteiger partial charge in [0.05, 0.1) is 17.3 Å². The number of anilines is 1. The van der Waals surface area contributed by atoms with Crippen molar-refractivity contribution in [3.8, 4) is 6.07 Å². The molecule has 1 saturated heterocycles. The van der Waals surface area contributed by atoms with Gasteiger partial charge in [-0.25, -0.2) is 0 Å². The lowest BCUT2D eigenvalue weighted by Crippen LogP contribution is -2.38. The first-order valence-corrected chi connectivity index (χ1v) is 7.06. The van der Waals surface area contributed by atoms with Crippen LogP contribution < -0.4 is 4.90 Å². The van der Waals surface area contributed by atoms with Crippen LogP contribution >= 0.6 is 15.9 Å². The molecule has 1 aromatic rings. The van der Waals surface area contributed by atoms with Crippen LogP contribution in [0.2, 0.25) is 0 Å².